The van der Waals surface area contributed by atoms with E-state index in [-0.39, 0.29) is 0 Å². The Hall–Kier alpha value is -0.580. The number of alkyl halides is 1. The van der Waals surface area contributed by atoms with Crippen LogP contribution in [0.25, 0.3) is 4.96 Å². The largest absolute Gasteiger partial charge is 0.311 e. The summed E-state index contributed by atoms with van der Waals surface area (Å²) in [5, 5.41) is 5.94. The van der Waals surface area contributed by atoms with Gasteiger partial charge in [-0.2, -0.15) is 0 Å². The Labute approximate surface area is 110 Å². The lowest BCUT2D eigenvalue weighted by Crippen LogP contribution is -2.21. The molecule has 17 heavy (non-hydrogen) atoms. The molecule has 1 aliphatic rings. The molecule has 0 bridgehead atoms. The molecule has 2 heterocycles. The summed E-state index contributed by atoms with van der Waals surface area (Å²) in [4.78, 5) is 5.62. The van der Waals surface area contributed by atoms with E-state index in [0.717, 1.165) is 36.1 Å². The third-order valence-electron chi connectivity index (χ3n) is 3.36. The van der Waals surface area contributed by atoms with Gasteiger partial charge in [0.1, 0.15) is 0 Å². The highest BCUT2D eigenvalue weighted by Gasteiger charge is 2.22. The first-order valence-corrected chi connectivity index (χ1v) is 7.39. The summed E-state index contributed by atoms with van der Waals surface area (Å²) in [6, 6.07) is 0. The number of rotatable bonds is 4. The number of nitrogens with zero attached hydrogens (tertiary/aromatic N) is 2. The fraction of sp³-hybridized carbons (Fsp3) is 0.583. The Morgan fingerprint density at radius 3 is 3.24 bits per heavy atom. The first-order chi connectivity index (χ1) is 8.31. The van der Waals surface area contributed by atoms with Crippen molar-refractivity contribution in [3.8, 4) is 0 Å². The predicted octanol–water partition coefficient (Wildman–Crippen LogP) is 2.89. The van der Waals surface area contributed by atoms with Crippen molar-refractivity contribution in [2.24, 2.45) is 5.92 Å². The first-order valence-electron chi connectivity index (χ1n) is 6.07. The predicted molar refractivity (Wildman–Crippen MR) is 71.8 cm³/mol. The highest BCUT2D eigenvalue weighted by atomic mass is 35.5. The summed E-state index contributed by atoms with van der Waals surface area (Å²) in [6.07, 6.45) is 7.74. The zero-order valence-electron chi connectivity index (χ0n) is 9.60. The van der Waals surface area contributed by atoms with E-state index in [1.54, 1.807) is 11.3 Å². The molecular formula is C12H16ClN3S. The summed E-state index contributed by atoms with van der Waals surface area (Å²) >= 11 is 7.77. The van der Waals surface area contributed by atoms with Gasteiger partial charge < -0.3 is 5.32 Å². The van der Waals surface area contributed by atoms with Crippen molar-refractivity contribution in [3.05, 3.63) is 23.5 Å². The molecule has 0 amide bonds. The molecule has 3 rings (SSSR count). The molecule has 2 aromatic heterocycles. The molecule has 3 nitrogen and oxygen atoms in total. The minimum Gasteiger partial charge on any atom is -0.311 e. The molecule has 1 saturated carbocycles. The van der Waals surface area contributed by atoms with E-state index in [4.69, 9.17) is 11.6 Å². The van der Waals surface area contributed by atoms with Crippen LogP contribution in [0.4, 0.5) is 0 Å². The second-order valence-corrected chi connectivity index (χ2v) is 6.22. The smallest absolute Gasteiger partial charge is 0.193 e. The molecule has 2 unspecified atom stereocenters. The molecule has 1 fully saturated rings. The van der Waals surface area contributed by atoms with Gasteiger partial charge in [-0.15, -0.1) is 22.9 Å². The highest BCUT2D eigenvalue weighted by Crippen LogP contribution is 2.28. The molecule has 0 spiro atoms. The van der Waals surface area contributed by atoms with Crippen LogP contribution < -0.4 is 5.32 Å². The first kappa shape index (κ1) is 11.5. The van der Waals surface area contributed by atoms with Crippen molar-refractivity contribution >= 4 is 27.9 Å². The van der Waals surface area contributed by atoms with Crippen LogP contribution in [0.5, 0.6) is 0 Å². The molecular weight excluding hydrogens is 254 g/mol. The molecule has 2 atom stereocenters. The average Bonchev–Trinajstić information content (AvgIpc) is 2.94. The second-order valence-electron chi connectivity index (χ2n) is 4.73. The molecule has 0 saturated heterocycles. The van der Waals surface area contributed by atoms with Crippen LogP contribution in [-0.2, 0) is 6.54 Å². The number of thiazole rings is 1. The summed E-state index contributed by atoms with van der Waals surface area (Å²) in [5.41, 5.74) is 1.12. The highest BCUT2D eigenvalue weighted by molar-refractivity contribution is 7.15. The molecule has 1 N–H and O–H groups in total. The number of imidazole rings is 1. The topological polar surface area (TPSA) is 29.3 Å². The molecule has 0 radical (unpaired) electrons. The molecule has 92 valence electrons. The van der Waals surface area contributed by atoms with Crippen molar-refractivity contribution in [1.82, 2.24) is 14.7 Å². The summed E-state index contributed by atoms with van der Waals surface area (Å²) < 4.78 is 2.08. The normalized spacial score (nSPS) is 24.8. The van der Waals surface area contributed by atoms with Crippen LogP contribution in [0, 0.1) is 5.92 Å². The van der Waals surface area contributed by atoms with Gasteiger partial charge in [0.05, 0.1) is 5.69 Å². The Morgan fingerprint density at radius 1 is 1.53 bits per heavy atom. The van der Waals surface area contributed by atoms with E-state index in [0.29, 0.717) is 5.38 Å². The van der Waals surface area contributed by atoms with Crippen molar-refractivity contribution < 1.29 is 0 Å². The van der Waals surface area contributed by atoms with E-state index in [9.17, 15) is 0 Å². The SMILES string of the molecule is ClC1CCC(CNCc2cn3ccsc3n2)C1. The Kier molecular flexibility index (Phi) is 3.36. The molecule has 0 aromatic carbocycles. The van der Waals surface area contributed by atoms with Crippen LogP contribution in [0.15, 0.2) is 17.8 Å². The van der Waals surface area contributed by atoms with Gasteiger partial charge in [-0.05, 0) is 31.7 Å². The Balaban J connectivity index is 1.49. The quantitative estimate of drug-likeness (QED) is 0.865. The lowest BCUT2D eigenvalue weighted by atomic mass is 10.1. The maximum atomic E-state index is 6.10. The van der Waals surface area contributed by atoms with Crippen molar-refractivity contribution in [3.63, 3.8) is 0 Å². The third-order valence-corrected chi connectivity index (χ3v) is 4.53. The number of aromatic nitrogens is 2. The number of halogens is 1. The summed E-state index contributed by atoms with van der Waals surface area (Å²) in [5.74, 6) is 0.751. The third kappa shape index (κ3) is 2.64. The lowest BCUT2D eigenvalue weighted by molar-refractivity contribution is 0.488. The summed E-state index contributed by atoms with van der Waals surface area (Å²) in [6.45, 7) is 1.92. The van der Waals surface area contributed by atoms with Crippen molar-refractivity contribution in [2.75, 3.05) is 6.54 Å². The van der Waals surface area contributed by atoms with Crippen LogP contribution in [0.1, 0.15) is 25.0 Å². The van der Waals surface area contributed by atoms with Crippen LogP contribution in [-0.4, -0.2) is 21.3 Å². The second kappa shape index (κ2) is 4.96. The number of fused-ring (bicyclic) bond motifs is 1. The zero-order valence-corrected chi connectivity index (χ0v) is 11.2. The van der Waals surface area contributed by atoms with E-state index in [1.807, 2.05) is 6.20 Å². The van der Waals surface area contributed by atoms with E-state index in [1.165, 1.54) is 12.8 Å². The van der Waals surface area contributed by atoms with Crippen molar-refractivity contribution in [1.29, 1.82) is 0 Å². The number of hydrogen-bond donors (Lipinski definition) is 1. The Bertz CT molecular complexity index is 464. The van der Waals surface area contributed by atoms with Crippen LogP contribution in [0.3, 0.4) is 0 Å². The molecule has 1 aliphatic carbocycles. The van der Waals surface area contributed by atoms with Gasteiger partial charge in [-0.1, -0.05) is 0 Å². The number of nitrogens with one attached hydrogen (secondary N) is 1. The van der Waals surface area contributed by atoms with Gasteiger partial charge >= 0.3 is 0 Å². The fourth-order valence-corrected chi connectivity index (χ4v) is 3.56. The van der Waals surface area contributed by atoms with E-state index < -0.39 is 0 Å². The van der Waals surface area contributed by atoms with E-state index in [2.05, 4.69) is 26.3 Å². The maximum Gasteiger partial charge on any atom is 0.193 e. The van der Waals surface area contributed by atoms with Gasteiger partial charge in [-0.25, -0.2) is 4.98 Å². The molecule has 2 aromatic rings. The molecule has 5 heteroatoms. The fourth-order valence-electron chi connectivity index (χ4n) is 2.46. The van der Waals surface area contributed by atoms with E-state index >= 15 is 0 Å². The number of hydrogen-bond acceptors (Lipinski definition) is 3. The molecule has 0 aliphatic heterocycles. The van der Waals surface area contributed by atoms with Gasteiger partial charge in [0.2, 0.25) is 0 Å². The monoisotopic (exact) mass is 269 g/mol. The Morgan fingerprint density at radius 2 is 2.47 bits per heavy atom. The van der Waals surface area contributed by atoms with Gasteiger partial charge in [0.25, 0.3) is 0 Å². The summed E-state index contributed by atoms with van der Waals surface area (Å²) in [7, 11) is 0. The van der Waals surface area contributed by atoms with Gasteiger partial charge in [-0.3, -0.25) is 4.40 Å². The van der Waals surface area contributed by atoms with Crippen LogP contribution >= 0.6 is 22.9 Å². The lowest BCUT2D eigenvalue weighted by Gasteiger charge is -2.09. The zero-order chi connectivity index (χ0) is 11.7. The van der Waals surface area contributed by atoms with Crippen LogP contribution in [0.2, 0.25) is 0 Å². The average molecular weight is 270 g/mol. The van der Waals surface area contributed by atoms with Gasteiger partial charge in [0.15, 0.2) is 4.96 Å². The maximum absolute atomic E-state index is 6.10. The minimum atomic E-state index is 0.403. The van der Waals surface area contributed by atoms with Crippen molar-refractivity contribution in [2.45, 2.75) is 31.2 Å². The standard InChI is InChI=1S/C12H16ClN3S/c13-10-2-1-9(5-10)6-14-7-11-8-16-3-4-17-12(16)15-11/h3-4,8-10,14H,1-2,5-7H2. The van der Waals surface area contributed by atoms with Gasteiger partial charge in [0, 0.05) is 29.7 Å². The minimum absolute atomic E-state index is 0.403.